The fourth-order valence-electron chi connectivity index (χ4n) is 2.59. The van der Waals surface area contributed by atoms with Crippen molar-refractivity contribution in [3.63, 3.8) is 0 Å². The van der Waals surface area contributed by atoms with E-state index < -0.39 is 0 Å². The first-order chi connectivity index (χ1) is 9.13. The van der Waals surface area contributed by atoms with Gasteiger partial charge in [0.15, 0.2) is 0 Å². The van der Waals surface area contributed by atoms with Gasteiger partial charge in [0.2, 0.25) is 0 Å². The average molecular weight is 256 g/mol. The Morgan fingerprint density at radius 1 is 1.32 bits per heavy atom. The van der Waals surface area contributed by atoms with Gasteiger partial charge in [0.05, 0.1) is 11.3 Å². The van der Waals surface area contributed by atoms with E-state index in [-0.39, 0.29) is 12.1 Å². The van der Waals surface area contributed by atoms with Crippen molar-refractivity contribution >= 4 is 10.9 Å². The fourth-order valence-corrected chi connectivity index (χ4v) is 2.59. The van der Waals surface area contributed by atoms with Crippen molar-refractivity contribution in [2.45, 2.75) is 13.5 Å². The number of nitrogens with two attached hydrogens (primary N) is 1. The van der Waals surface area contributed by atoms with Crippen LogP contribution < -0.4 is 11.3 Å². The van der Waals surface area contributed by atoms with Gasteiger partial charge in [-0.15, -0.1) is 0 Å². The normalized spacial score (nSPS) is 11.3. The van der Waals surface area contributed by atoms with Gasteiger partial charge in [-0.05, 0) is 13.0 Å². The summed E-state index contributed by atoms with van der Waals surface area (Å²) in [6.07, 6.45) is 0. The Bertz CT molecular complexity index is 807. The molecule has 0 fully saturated rings. The standard InChI is InChI=1S/C14H16N4O/c1-8-12(9-5-3-4-6-11(9)16-8)13-10(7-15)14(19)18(2)17-13/h3-6,16-17H,7,15H2,1-2H3. The molecule has 0 aliphatic carbocycles. The van der Waals surface area contributed by atoms with Crippen LogP contribution in [-0.2, 0) is 13.6 Å². The van der Waals surface area contributed by atoms with Crippen molar-refractivity contribution < 1.29 is 0 Å². The smallest absolute Gasteiger partial charge is 0.271 e. The molecule has 4 N–H and O–H groups in total. The Morgan fingerprint density at radius 2 is 2.05 bits per heavy atom. The molecule has 5 heteroatoms. The summed E-state index contributed by atoms with van der Waals surface area (Å²) in [7, 11) is 1.70. The van der Waals surface area contributed by atoms with E-state index in [2.05, 4.69) is 10.1 Å². The zero-order valence-corrected chi connectivity index (χ0v) is 10.9. The molecular formula is C14H16N4O. The van der Waals surface area contributed by atoms with Gasteiger partial charge in [0.25, 0.3) is 5.56 Å². The summed E-state index contributed by atoms with van der Waals surface area (Å²) < 4.78 is 1.47. The minimum atomic E-state index is -0.0674. The first-order valence-corrected chi connectivity index (χ1v) is 6.19. The molecule has 98 valence electrons. The number of benzene rings is 1. The Kier molecular flexibility index (Phi) is 2.57. The number of hydrogen-bond acceptors (Lipinski definition) is 2. The second-order valence-electron chi connectivity index (χ2n) is 4.70. The molecule has 0 aliphatic rings. The van der Waals surface area contributed by atoms with Crippen molar-refractivity contribution in [3.05, 3.63) is 45.9 Å². The highest BCUT2D eigenvalue weighted by atomic mass is 16.1. The molecule has 0 unspecified atom stereocenters. The second-order valence-corrected chi connectivity index (χ2v) is 4.70. The lowest BCUT2D eigenvalue weighted by Gasteiger charge is -2.01. The minimum absolute atomic E-state index is 0.0674. The molecule has 0 amide bonds. The van der Waals surface area contributed by atoms with Crippen LogP contribution >= 0.6 is 0 Å². The maximum atomic E-state index is 12.0. The van der Waals surface area contributed by atoms with Gasteiger partial charge in [-0.3, -0.25) is 14.6 Å². The lowest BCUT2D eigenvalue weighted by atomic mass is 10.0. The van der Waals surface area contributed by atoms with E-state index in [1.54, 1.807) is 7.05 Å². The van der Waals surface area contributed by atoms with Crippen LogP contribution in [0.1, 0.15) is 11.3 Å². The summed E-state index contributed by atoms with van der Waals surface area (Å²) in [5.74, 6) is 0. The fraction of sp³-hybridized carbons (Fsp3) is 0.214. The molecule has 3 aromatic rings. The van der Waals surface area contributed by atoms with Crippen LogP contribution in [0.15, 0.2) is 29.1 Å². The number of H-pyrrole nitrogens is 2. The van der Waals surface area contributed by atoms with E-state index in [0.29, 0.717) is 5.56 Å². The van der Waals surface area contributed by atoms with E-state index in [1.165, 1.54) is 4.68 Å². The van der Waals surface area contributed by atoms with Gasteiger partial charge in [0, 0.05) is 35.8 Å². The van der Waals surface area contributed by atoms with E-state index in [0.717, 1.165) is 27.9 Å². The van der Waals surface area contributed by atoms with Crippen molar-refractivity contribution in [1.29, 1.82) is 0 Å². The number of hydrogen-bond donors (Lipinski definition) is 3. The molecule has 0 atom stereocenters. The predicted octanol–water partition coefficient (Wildman–Crippen LogP) is 1.63. The number of aryl methyl sites for hydroxylation is 2. The number of para-hydroxylation sites is 1. The summed E-state index contributed by atoms with van der Waals surface area (Å²) in [6.45, 7) is 2.23. The lowest BCUT2D eigenvalue weighted by Crippen LogP contribution is -2.17. The van der Waals surface area contributed by atoms with Gasteiger partial charge < -0.3 is 10.7 Å². The lowest BCUT2D eigenvalue weighted by molar-refractivity contribution is 0.739. The van der Waals surface area contributed by atoms with Crippen LogP contribution in [0.4, 0.5) is 0 Å². The van der Waals surface area contributed by atoms with Crippen LogP contribution in [0.25, 0.3) is 22.2 Å². The van der Waals surface area contributed by atoms with E-state index in [1.807, 2.05) is 31.2 Å². The molecular weight excluding hydrogens is 240 g/mol. The van der Waals surface area contributed by atoms with Crippen molar-refractivity contribution in [2.75, 3.05) is 0 Å². The van der Waals surface area contributed by atoms with Crippen LogP contribution in [0.2, 0.25) is 0 Å². The molecule has 0 aliphatic heterocycles. The molecule has 5 nitrogen and oxygen atoms in total. The van der Waals surface area contributed by atoms with Gasteiger partial charge in [-0.1, -0.05) is 18.2 Å². The molecule has 2 heterocycles. The average Bonchev–Trinajstić information content (AvgIpc) is 2.86. The van der Waals surface area contributed by atoms with E-state index in [4.69, 9.17) is 5.73 Å². The largest absolute Gasteiger partial charge is 0.358 e. The minimum Gasteiger partial charge on any atom is -0.358 e. The van der Waals surface area contributed by atoms with Gasteiger partial charge >= 0.3 is 0 Å². The summed E-state index contributed by atoms with van der Waals surface area (Å²) in [4.78, 5) is 15.3. The monoisotopic (exact) mass is 256 g/mol. The zero-order chi connectivity index (χ0) is 13.6. The summed E-state index contributed by atoms with van der Waals surface area (Å²) >= 11 is 0. The highest BCUT2D eigenvalue weighted by Gasteiger charge is 2.18. The van der Waals surface area contributed by atoms with E-state index in [9.17, 15) is 4.79 Å². The number of nitrogens with zero attached hydrogens (tertiary/aromatic N) is 1. The topological polar surface area (TPSA) is 79.6 Å². The molecule has 0 spiro atoms. The zero-order valence-electron chi connectivity index (χ0n) is 10.9. The molecule has 0 radical (unpaired) electrons. The van der Waals surface area contributed by atoms with Crippen molar-refractivity contribution in [3.8, 4) is 11.3 Å². The van der Waals surface area contributed by atoms with Crippen LogP contribution in [0.5, 0.6) is 0 Å². The molecule has 0 saturated heterocycles. The second kappa shape index (κ2) is 4.13. The van der Waals surface area contributed by atoms with Gasteiger partial charge in [-0.2, -0.15) is 0 Å². The maximum Gasteiger partial charge on any atom is 0.271 e. The number of aromatic nitrogens is 3. The van der Waals surface area contributed by atoms with Crippen LogP contribution in [0.3, 0.4) is 0 Å². The SMILES string of the molecule is Cc1[nH]c2ccccc2c1-c1[nH]n(C)c(=O)c1CN. The van der Waals surface area contributed by atoms with Gasteiger partial charge in [-0.25, -0.2) is 0 Å². The first-order valence-electron chi connectivity index (χ1n) is 6.19. The Balaban J connectivity index is 2.39. The Morgan fingerprint density at radius 3 is 2.79 bits per heavy atom. The highest BCUT2D eigenvalue weighted by molar-refractivity contribution is 5.97. The Labute approximate surface area is 110 Å². The van der Waals surface area contributed by atoms with Crippen molar-refractivity contribution in [2.24, 2.45) is 12.8 Å². The number of nitrogens with one attached hydrogen (secondary N) is 2. The molecule has 3 rings (SSSR count). The summed E-state index contributed by atoms with van der Waals surface area (Å²) in [6, 6.07) is 8.04. The molecule has 0 bridgehead atoms. The number of aromatic amines is 2. The number of rotatable bonds is 2. The maximum absolute atomic E-state index is 12.0. The van der Waals surface area contributed by atoms with Crippen LogP contribution in [0, 0.1) is 6.92 Å². The highest BCUT2D eigenvalue weighted by Crippen LogP contribution is 2.31. The first kappa shape index (κ1) is 11.8. The Hall–Kier alpha value is -2.27. The molecule has 0 saturated carbocycles. The number of fused-ring (bicyclic) bond motifs is 1. The molecule has 1 aromatic carbocycles. The van der Waals surface area contributed by atoms with Crippen LogP contribution in [-0.4, -0.2) is 14.8 Å². The quantitative estimate of drug-likeness (QED) is 0.651. The predicted molar refractivity (Wildman–Crippen MR) is 76.0 cm³/mol. The summed E-state index contributed by atoms with van der Waals surface area (Å²) in [5, 5.41) is 4.20. The van der Waals surface area contributed by atoms with Crippen molar-refractivity contribution in [1.82, 2.24) is 14.8 Å². The van der Waals surface area contributed by atoms with Gasteiger partial charge in [0.1, 0.15) is 0 Å². The third kappa shape index (κ3) is 1.62. The third-order valence-corrected chi connectivity index (χ3v) is 3.49. The summed E-state index contributed by atoms with van der Waals surface area (Å²) in [5.41, 5.74) is 10.2. The third-order valence-electron chi connectivity index (χ3n) is 3.49. The van der Waals surface area contributed by atoms with E-state index >= 15 is 0 Å². The molecule has 19 heavy (non-hydrogen) atoms. The molecule has 2 aromatic heterocycles.